The third kappa shape index (κ3) is 3.88. The third-order valence-electron chi connectivity index (χ3n) is 3.31. The molecule has 0 aliphatic heterocycles. The summed E-state index contributed by atoms with van der Waals surface area (Å²) in [5, 5.41) is 16.9. The van der Waals surface area contributed by atoms with Crippen molar-refractivity contribution < 1.29 is 9.90 Å². The van der Waals surface area contributed by atoms with Crippen molar-refractivity contribution in [1.82, 2.24) is 10.4 Å². The molecule has 0 aliphatic carbocycles. The second kappa shape index (κ2) is 7.10. The number of hydrogen-bond acceptors (Lipinski definition) is 6. The van der Waals surface area contributed by atoms with E-state index in [0.717, 1.165) is 15.8 Å². The molecule has 3 aromatic rings. The van der Waals surface area contributed by atoms with Gasteiger partial charge < -0.3 is 10.4 Å². The standard InChI is InChI=1S/C17H16N4O2S/c1-11(19-17-20-14-4-2-3-5-15(14)24-17)16(23)21-18-10-12-6-8-13(22)9-7-12/h2-11,22H,1H3,(H,19,20)(H,21,23)/b18-10+/t11-/m1/s1. The number of hydrogen-bond donors (Lipinski definition) is 3. The molecule has 0 fully saturated rings. The van der Waals surface area contributed by atoms with Crippen molar-refractivity contribution in [3.63, 3.8) is 0 Å². The van der Waals surface area contributed by atoms with Gasteiger partial charge in [-0.2, -0.15) is 5.10 Å². The number of carbonyl (C=O) groups excluding carboxylic acids is 1. The summed E-state index contributed by atoms with van der Waals surface area (Å²) in [4.78, 5) is 16.5. The van der Waals surface area contributed by atoms with Crippen LogP contribution in [-0.4, -0.2) is 28.3 Å². The number of phenolic OH excluding ortho intramolecular Hbond substituents is 1. The summed E-state index contributed by atoms with van der Waals surface area (Å²) in [5.41, 5.74) is 4.17. The van der Waals surface area contributed by atoms with Crippen molar-refractivity contribution in [3.8, 4) is 5.75 Å². The molecule has 0 aliphatic rings. The predicted molar refractivity (Wildman–Crippen MR) is 96.5 cm³/mol. The van der Waals surface area contributed by atoms with Crippen LogP contribution in [0.3, 0.4) is 0 Å². The van der Waals surface area contributed by atoms with Crippen LogP contribution in [0.1, 0.15) is 12.5 Å². The minimum Gasteiger partial charge on any atom is -0.508 e. The summed E-state index contributed by atoms with van der Waals surface area (Å²) in [7, 11) is 0. The highest BCUT2D eigenvalue weighted by Gasteiger charge is 2.13. The van der Waals surface area contributed by atoms with Crippen LogP contribution in [0.15, 0.2) is 53.6 Å². The number of phenols is 1. The Morgan fingerprint density at radius 3 is 2.75 bits per heavy atom. The number of nitrogens with zero attached hydrogens (tertiary/aromatic N) is 2. The number of anilines is 1. The van der Waals surface area contributed by atoms with Crippen LogP contribution in [0.5, 0.6) is 5.75 Å². The lowest BCUT2D eigenvalue weighted by atomic mass is 10.2. The maximum atomic E-state index is 12.1. The van der Waals surface area contributed by atoms with Crippen molar-refractivity contribution >= 4 is 38.8 Å². The number of nitrogens with one attached hydrogen (secondary N) is 2. The summed E-state index contributed by atoms with van der Waals surface area (Å²) in [6.45, 7) is 1.75. The zero-order valence-corrected chi connectivity index (χ0v) is 13.7. The number of amides is 1. The van der Waals surface area contributed by atoms with Gasteiger partial charge in [-0.15, -0.1) is 0 Å². The van der Waals surface area contributed by atoms with Gasteiger partial charge in [0, 0.05) is 0 Å². The largest absolute Gasteiger partial charge is 0.508 e. The van der Waals surface area contributed by atoms with E-state index < -0.39 is 6.04 Å². The van der Waals surface area contributed by atoms with Gasteiger partial charge in [-0.25, -0.2) is 10.4 Å². The minimum absolute atomic E-state index is 0.185. The maximum Gasteiger partial charge on any atom is 0.262 e. The molecule has 24 heavy (non-hydrogen) atoms. The Morgan fingerprint density at radius 1 is 1.25 bits per heavy atom. The number of carbonyl (C=O) groups is 1. The number of para-hydroxylation sites is 1. The molecule has 122 valence electrons. The molecular formula is C17H16N4O2S. The van der Waals surface area contributed by atoms with Crippen molar-refractivity contribution in [2.45, 2.75) is 13.0 Å². The fourth-order valence-corrected chi connectivity index (χ4v) is 2.97. The molecule has 2 aromatic carbocycles. The molecule has 0 saturated carbocycles. The number of rotatable bonds is 5. The van der Waals surface area contributed by atoms with E-state index in [2.05, 4.69) is 20.8 Å². The predicted octanol–water partition coefficient (Wildman–Crippen LogP) is 2.95. The Kier molecular flexibility index (Phi) is 4.72. The van der Waals surface area contributed by atoms with Crippen molar-refractivity contribution in [2.75, 3.05) is 5.32 Å². The third-order valence-corrected chi connectivity index (χ3v) is 4.28. The van der Waals surface area contributed by atoms with Crippen molar-refractivity contribution in [1.29, 1.82) is 0 Å². The molecule has 1 heterocycles. The lowest BCUT2D eigenvalue weighted by Gasteiger charge is -2.10. The van der Waals surface area contributed by atoms with E-state index in [4.69, 9.17) is 0 Å². The van der Waals surface area contributed by atoms with Crippen LogP contribution in [0.4, 0.5) is 5.13 Å². The fraction of sp³-hybridized carbons (Fsp3) is 0.118. The Morgan fingerprint density at radius 2 is 2.00 bits per heavy atom. The van der Waals surface area contributed by atoms with E-state index in [9.17, 15) is 9.90 Å². The lowest BCUT2D eigenvalue weighted by molar-refractivity contribution is -0.121. The number of benzene rings is 2. The summed E-state index contributed by atoms with van der Waals surface area (Å²) >= 11 is 1.50. The highest BCUT2D eigenvalue weighted by Crippen LogP contribution is 2.25. The quantitative estimate of drug-likeness (QED) is 0.492. The van der Waals surface area contributed by atoms with Gasteiger partial charge in [-0.05, 0) is 48.9 Å². The Bertz CT molecular complexity index is 841. The molecule has 0 unspecified atom stereocenters. The number of hydrazone groups is 1. The highest BCUT2D eigenvalue weighted by atomic mass is 32.1. The van der Waals surface area contributed by atoms with E-state index in [1.54, 1.807) is 31.2 Å². The van der Waals surface area contributed by atoms with Gasteiger partial charge in [-0.3, -0.25) is 4.79 Å². The van der Waals surface area contributed by atoms with E-state index in [1.165, 1.54) is 17.6 Å². The summed E-state index contributed by atoms with van der Waals surface area (Å²) in [6.07, 6.45) is 1.52. The molecular weight excluding hydrogens is 324 g/mol. The number of aromatic nitrogens is 1. The average Bonchev–Trinajstić information content (AvgIpc) is 2.98. The smallest absolute Gasteiger partial charge is 0.262 e. The molecule has 7 heteroatoms. The van der Waals surface area contributed by atoms with Crippen LogP contribution >= 0.6 is 11.3 Å². The SMILES string of the molecule is C[C@@H](Nc1nc2ccccc2s1)C(=O)N/N=C/c1ccc(O)cc1. The van der Waals surface area contributed by atoms with Gasteiger partial charge >= 0.3 is 0 Å². The van der Waals surface area contributed by atoms with Crippen LogP contribution in [0.2, 0.25) is 0 Å². The van der Waals surface area contributed by atoms with Gasteiger partial charge in [0.25, 0.3) is 5.91 Å². The molecule has 0 radical (unpaired) electrons. The van der Waals surface area contributed by atoms with Crippen molar-refractivity contribution in [3.05, 3.63) is 54.1 Å². The second-order valence-corrected chi connectivity index (χ2v) is 6.21. The first-order valence-corrected chi connectivity index (χ1v) is 8.17. The monoisotopic (exact) mass is 340 g/mol. The van der Waals surface area contributed by atoms with Gasteiger partial charge in [0.15, 0.2) is 5.13 Å². The van der Waals surface area contributed by atoms with Crippen LogP contribution in [0, 0.1) is 0 Å². The van der Waals surface area contributed by atoms with E-state index in [1.807, 2.05) is 24.3 Å². The molecule has 6 nitrogen and oxygen atoms in total. The molecule has 0 bridgehead atoms. The van der Waals surface area contributed by atoms with Gasteiger partial charge in [-0.1, -0.05) is 23.5 Å². The number of aromatic hydroxyl groups is 1. The van der Waals surface area contributed by atoms with Crippen LogP contribution < -0.4 is 10.7 Å². The molecule has 3 N–H and O–H groups in total. The van der Waals surface area contributed by atoms with E-state index in [0.29, 0.717) is 5.13 Å². The average molecular weight is 340 g/mol. The van der Waals surface area contributed by atoms with Crippen molar-refractivity contribution in [2.24, 2.45) is 5.10 Å². The Balaban J connectivity index is 1.57. The summed E-state index contributed by atoms with van der Waals surface area (Å²) < 4.78 is 1.07. The Hall–Kier alpha value is -2.93. The number of fused-ring (bicyclic) bond motifs is 1. The first-order valence-electron chi connectivity index (χ1n) is 7.36. The Labute approximate surface area is 142 Å². The van der Waals surface area contributed by atoms with E-state index in [-0.39, 0.29) is 11.7 Å². The van der Waals surface area contributed by atoms with E-state index >= 15 is 0 Å². The van der Waals surface area contributed by atoms with Gasteiger partial charge in [0.05, 0.1) is 16.4 Å². The topological polar surface area (TPSA) is 86.6 Å². The first-order chi connectivity index (χ1) is 11.6. The molecule has 1 amide bonds. The normalized spacial score (nSPS) is 12.4. The minimum atomic E-state index is -0.470. The fourth-order valence-electron chi connectivity index (χ4n) is 2.01. The summed E-state index contributed by atoms with van der Waals surface area (Å²) in [5.74, 6) is -0.0749. The van der Waals surface area contributed by atoms with Crippen LogP contribution in [-0.2, 0) is 4.79 Å². The molecule has 0 spiro atoms. The molecule has 1 aromatic heterocycles. The van der Waals surface area contributed by atoms with Gasteiger partial charge in [0.1, 0.15) is 11.8 Å². The van der Waals surface area contributed by atoms with Gasteiger partial charge in [0.2, 0.25) is 0 Å². The zero-order chi connectivity index (χ0) is 16.9. The lowest BCUT2D eigenvalue weighted by Crippen LogP contribution is -2.34. The number of thiazole rings is 1. The first kappa shape index (κ1) is 15.9. The highest BCUT2D eigenvalue weighted by molar-refractivity contribution is 7.22. The molecule has 1 atom stereocenters. The molecule has 3 rings (SSSR count). The zero-order valence-electron chi connectivity index (χ0n) is 12.9. The van der Waals surface area contributed by atoms with Crippen LogP contribution in [0.25, 0.3) is 10.2 Å². The molecule has 0 saturated heterocycles. The maximum absolute atomic E-state index is 12.1. The second-order valence-electron chi connectivity index (χ2n) is 5.18. The summed E-state index contributed by atoms with van der Waals surface area (Å²) in [6, 6.07) is 13.9.